The molecule has 0 aromatic heterocycles. The van der Waals surface area contributed by atoms with E-state index >= 15 is 0 Å². The molecule has 0 atom stereocenters. The van der Waals surface area contributed by atoms with E-state index in [1.165, 1.54) is 0 Å². The van der Waals surface area contributed by atoms with E-state index in [9.17, 15) is 4.79 Å². The topological polar surface area (TPSA) is 43.1 Å². The lowest BCUT2D eigenvalue weighted by atomic mass is 10.1. The van der Waals surface area contributed by atoms with E-state index in [-0.39, 0.29) is 5.91 Å². The first kappa shape index (κ1) is 8.53. The summed E-state index contributed by atoms with van der Waals surface area (Å²) in [6.07, 6.45) is 1.77. The summed E-state index contributed by atoms with van der Waals surface area (Å²) in [6.45, 7) is 1.70. The second-order valence-corrected chi connectivity index (χ2v) is 2.60. The summed E-state index contributed by atoms with van der Waals surface area (Å²) in [4.78, 5) is 10.7. The Hall–Kier alpha value is -1.57. The fourth-order valence-corrected chi connectivity index (χ4v) is 0.870. The molecule has 2 N–H and O–H groups in total. The maximum absolute atomic E-state index is 10.7. The molecule has 0 spiro atoms. The summed E-state index contributed by atoms with van der Waals surface area (Å²) >= 11 is 0. The maximum Gasteiger partial charge on any atom is 0.244 e. The monoisotopic (exact) mass is 161 g/mol. The predicted octanol–water partition coefficient (Wildman–Crippen LogP) is 1.58. The van der Waals surface area contributed by atoms with Crippen molar-refractivity contribution in [3.05, 3.63) is 41.5 Å². The van der Waals surface area contributed by atoms with Gasteiger partial charge in [0.2, 0.25) is 5.91 Å². The fourth-order valence-electron chi connectivity index (χ4n) is 0.870. The highest BCUT2D eigenvalue weighted by molar-refractivity contribution is 5.95. The summed E-state index contributed by atoms with van der Waals surface area (Å²) in [5.41, 5.74) is 6.64. The van der Waals surface area contributed by atoms with Crippen LogP contribution in [-0.2, 0) is 4.79 Å². The Bertz CT molecular complexity index is 301. The molecule has 2 nitrogen and oxygen atoms in total. The van der Waals surface area contributed by atoms with Crippen molar-refractivity contribution in [3.8, 4) is 0 Å². The lowest BCUT2D eigenvalue weighted by molar-refractivity contribution is -0.114. The summed E-state index contributed by atoms with van der Waals surface area (Å²) in [5.74, 6) is -0.376. The molecule has 0 bridgehead atoms. The van der Waals surface area contributed by atoms with Crippen molar-refractivity contribution >= 4 is 12.0 Å². The van der Waals surface area contributed by atoms with E-state index in [2.05, 4.69) is 0 Å². The van der Waals surface area contributed by atoms with Gasteiger partial charge < -0.3 is 5.73 Å². The fraction of sp³-hybridized carbons (Fsp3) is 0.100. The Balaban J connectivity index is 2.89. The minimum atomic E-state index is -0.376. The average Bonchev–Trinajstić information content (AvgIpc) is 2.06. The van der Waals surface area contributed by atoms with Gasteiger partial charge in [-0.1, -0.05) is 30.3 Å². The highest BCUT2D eigenvalue weighted by Gasteiger charge is 1.95. The third-order valence-electron chi connectivity index (χ3n) is 1.57. The van der Waals surface area contributed by atoms with Crippen LogP contribution in [0.3, 0.4) is 0 Å². The molecule has 0 heterocycles. The number of benzene rings is 1. The SMILES string of the molecule is C/C(=C/c1ccccc1)C(N)=O. The molecule has 62 valence electrons. The zero-order valence-corrected chi connectivity index (χ0v) is 6.95. The minimum absolute atomic E-state index is 0.376. The third kappa shape index (κ3) is 2.23. The van der Waals surface area contributed by atoms with Crippen molar-refractivity contribution in [2.24, 2.45) is 5.73 Å². The molecule has 2 heteroatoms. The van der Waals surface area contributed by atoms with Gasteiger partial charge in [0.25, 0.3) is 0 Å². The van der Waals surface area contributed by atoms with Gasteiger partial charge in [-0.2, -0.15) is 0 Å². The number of rotatable bonds is 2. The van der Waals surface area contributed by atoms with Crippen LogP contribution in [0.25, 0.3) is 6.08 Å². The maximum atomic E-state index is 10.7. The van der Waals surface area contributed by atoms with E-state index < -0.39 is 0 Å². The van der Waals surface area contributed by atoms with Gasteiger partial charge in [-0.25, -0.2) is 0 Å². The molecule has 0 radical (unpaired) electrons. The van der Waals surface area contributed by atoms with Crippen molar-refractivity contribution in [2.45, 2.75) is 6.92 Å². The van der Waals surface area contributed by atoms with Gasteiger partial charge >= 0.3 is 0 Å². The second kappa shape index (κ2) is 3.72. The zero-order valence-electron chi connectivity index (χ0n) is 6.95. The van der Waals surface area contributed by atoms with Crippen molar-refractivity contribution in [1.29, 1.82) is 0 Å². The van der Waals surface area contributed by atoms with E-state index in [1.807, 2.05) is 30.3 Å². The van der Waals surface area contributed by atoms with Crippen LogP contribution < -0.4 is 5.73 Å². The standard InChI is InChI=1S/C10H11NO/c1-8(10(11)12)7-9-5-3-2-4-6-9/h2-7H,1H3,(H2,11,12)/b8-7-. The second-order valence-electron chi connectivity index (χ2n) is 2.60. The summed E-state index contributed by atoms with van der Waals surface area (Å²) in [7, 11) is 0. The van der Waals surface area contributed by atoms with Gasteiger partial charge in [-0.15, -0.1) is 0 Å². The normalized spacial score (nSPS) is 11.2. The molecule has 0 aliphatic rings. The zero-order chi connectivity index (χ0) is 8.97. The molecule has 1 amide bonds. The van der Waals surface area contributed by atoms with E-state index in [4.69, 9.17) is 5.73 Å². The third-order valence-corrected chi connectivity index (χ3v) is 1.57. The number of hydrogen-bond acceptors (Lipinski definition) is 1. The van der Waals surface area contributed by atoms with Gasteiger partial charge in [0.15, 0.2) is 0 Å². The van der Waals surface area contributed by atoms with Gasteiger partial charge in [-0.3, -0.25) is 4.79 Å². The summed E-state index contributed by atoms with van der Waals surface area (Å²) in [6, 6.07) is 9.61. The number of primary amides is 1. The van der Waals surface area contributed by atoms with Crippen LogP contribution in [0.4, 0.5) is 0 Å². The van der Waals surface area contributed by atoms with E-state index in [0.717, 1.165) is 5.56 Å². The molecule has 1 aromatic carbocycles. The van der Waals surface area contributed by atoms with Crippen LogP contribution in [0.5, 0.6) is 0 Å². The Morgan fingerprint density at radius 1 is 1.33 bits per heavy atom. The van der Waals surface area contributed by atoms with Crippen molar-refractivity contribution in [2.75, 3.05) is 0 Å². The van der Waals surface area contributed by atoms with Gasteiger partial charge in [-0.05, 0) is 18.6 Å². The smallest absolute Gasteiger partial charge is 0.244 e. The van der Waals surface area contributed by atoms with Crippen LogP contribution in [0.15, 0.2) is 35.9 Å². The predicted molar refractivity (Wildman–Crippen MR) is 49.3 cm³/mol. The van der Waals surface area contributed by atoms with Crippen LogP contribution in [0.2, 0.25) is 0 Å². The number of carbonyl (C=O) groups excluding carboxylic acids is 1. The number of hydrogen-bond donors (Lipinski definition) is 1. The van der Waals surface area contributed by atoms with Gasteiger partial charge in [0.05, 0.1) is 0 Å². The Kier molecular flexibility index (Phi) is 2.64. The van der Waals surface area contributed by atoms with Gasteiger partial charge in [0, 0.05) is 5.57 Å². The van der Waals surface area contributed by atoms with Crippen LogP contribution in [0.1, 0.15) is 12.5 Å². The molecule has 1 rings (SSSR count). The lowest BCUT2D eigenvalue weighted by Gasteiger charge is -1.94. The Morgan fingerprint density at radius 3 is 2.42 bits per heavy atom. The first-order valence-corrected chi connectivity index (χ1v) is 3.73. The largest absolute Gasteiger partial charge is 0.366 e. The van der Waals surface area contributed by atoms with E-state index in [1.54, 1.807) is 13.0 Å². The average molecular weight is 161 g/mol. The highest BCUT2D eigenvalue weighted by atomic mass is 16.1. The first-order valence-electron chi connectivity index (χ1n) is 3.73. The molecule has 0 saturated heterocycles. The molecule has 1 aromatic rings. The number of nitrogens with two attached hydrogens (primary N) is 1. The first-order chi connectivity index (χ1) is 5.70. The molecular formula is C10H11NO. The summed E-state index contributed by atoms with van der Waals surface area (Å²) in [5, 5.41) is 0. The van der Waals surface area contributed by atoms with Crippen molar-refractivity contribution < 1.29 is 4.79 Å². The Morgan fingerprint density at radius 2 is 1.92 bits per heavy atom. The minimum Gasteiger partial charge on any atom is -0.366 e. The molecule has 0 aliphatic carbocycles. The highest BCUT2D eigenvalue weighted by Crippen LogP contribution is 2.04. The Labute approximate surface area is 71.7 Å². The molecule has 12 heavy (non-hydrogen) atoms. The van der Waals surface area contributed by atoms with Gasteiger partial charge in [0.1, 0.15) is 0 Å². The summed E-state index contributed by atoms with van der Waals surface area (Å²) < 4.78 is 0. The van der Waals surface area contributed by atoms with Crippen LogP contribution in [-0.4, -0.2) is 5.91 Å². The van der Waals surface area contributed by atoms with Crippen molar-refractivity contribution in [1.82, 2.24) is 0 Å². The molecule has 0 saturated carbocycles. The number of amides is 1. The number of carbonyl (C=O) groups is 1. The quantitative estimate of drug-likeness (QED) is 0.657. The van der Waals surface area contributed by atoms with Crippen LogP contribution >= 0.6 is 0 Å². The van der Waals surface area contributed by atoms with Crippen molar-refractivity contribution in [3.63, 3.8) is 0 Å². The van der Waals surface area contributed by atoms with Crippen LogP contribution in [0, 0.1) is 0 Å². The van der Waals surface area contributed by atoms with E-state index in [0.29, 0.717) is 5.57 Å². The molecular weight excluding hydrogens is 150 g/mol. The molecule has 0 unspecified atom stereocenters. The molecule has 0 aliphatic heterocycles. The lowest BCUT2D eigenvalue weighted by Crippen LogP contribution is -2.11. The molecule has 0 fully saturated rings.